The largest absolute Gasteiger partial charge is 0.399 e. The average molecular weight is 271 g/mol. The second-order valence-corrected chi connectivity index (χ2v) is 5.75. The van der Waals surface area contributed by atoms with Crippen LogP contribution in [0.25, 0.3) is 0 Å². The Bertz CT molecular complexity index is 624. The maximum atomic E-state index is 12.6. The van der Waals surface area contributed by atoms with Gasteiger partial charge in [0.25, 0.3) is 0 Å². The molecule has 0 fully saturated rings. The number of nitrogen functional groups attached to an aromatic ring is 1. The highest BCUT2D eigenvalue weighted by atomic mass is 16.1. The molecule has 2 rings (SSSR count). The fraction of sp³-hybridized carbons (Fsp3) is 0.375. The molecule has 0 unspecified atom stereocenters. The van der Waals surface area contributed by atoms with E-state index in [1.54, 1.807) is 4.68 Å². The molecule has 0 saturated carbocycles. The third-order valence-corrected chi connectivity index (χ3v) is 3.77. The van der Waals surface area contributed by atoms with Gasteiger partial charge in [-0.3, -0.25) is 9.48 Å². The van der Waals surface area contributed by atoms with Crippen molar-refractivity contribution in [2.75, 3.05) is 5.73 Å². The molecule has 0 saturated heterocycles. The molecule has 106 valence electrons. The number of Topliss-reactive ketones (excluding diaryl/α,β-unsaturated/α-hetero) is 1. The number of nitrogens with zero attached hydrogens (tertiary/aromatic N) is 2. The monoisotopic (exact) mass is 271 g/mol. The van der Waals surface area contributed by atoms with Crippen LogP contribution in [0.4, 0.5) is 5.69 Å². The summed E-state index contributed by atoms with van der Waals surface area (Å²) in [7, 11) is 1.87. The molecule has 4 nitrogen and oxygen atoms in total. The molecule has 1 aromatic heterocycles. The van der Waals surface area contributed by atoms with Gasteiger partial charge in [0.2, 0.25) is 0 Å². The van der Waals surface area contributed by atoms with Crippen molar-refractivity contribution in [3.05, 3.63) is 47.3 Å². The lowest BCUT2D eigenvalue weighted by Crippen LogP contribution is -2.31. The van der Waals surface area contributed by atoms with Crippen LogP contribution in [0.2, 0.25) is 0 Å². The third kappa shape index (κ3) is 2.74. The normalized spacial score (nSPS) is 11.6. The molecule has 4 heteroatoms. The minimum Gasteiger partial charge on any atom is -0.399 e. The number of ketones is 1. The van der Waals surface area contributed by atoms with Gasteiger partial charge in [-0.1, -0.05) is 12.1 Å². The van der Waals surface area contributed by atoms with Crippen molar-refractivity contribution in [1.29, 1.82) is 0 Å². The minimum absolute atomic E-state index is 0.172. The molecule has 0 atom stereocenters. The SMILES string of the molecule is Cc1cc(CC(=O)C(C)(C)c2ccc(N)cc2)n(C)n1. The van der Waals surface area contributed by atoms with E-state index in [-0.39, 0.29) is 5.78 Å². The number of carbonyl (C=O) groups excluding carboxylic acids is 1. The Labute approximate surface area is 119 Å². The van der Waals surface area contributed by atoms with Crippen molar-refractivity contribution in [3.8, 4) is 0 Å². The molecule has 2 aromatic rings. The maximum Gasteiger partial charge on any atom is 0.148 e. The molecule has 20 heavy (non-hydrogen) atoms. The van der Waals surface area contributed by atoms with Crippen LogP contribution in [0.15, 0.2) is 30.3 Å². The minimum atomic E-state index is -0.536. The van der Waals surface area contributed by atoms with Crippen LogP contribution in [0.1, 0.15) is 30.8 Å². The van der Waals surface area contributed by atoms with E-state index in [1.807, 2.05) is 58.2 Å². The molecule has 0 aliphatic carbocycles. The number of benzene rings is 1. The van der Waals surface area contributed by atoms with E-state index in [0.29, 0.717) is 12.1 Å². The quantitative estimate of drug-likeness (QED) is 0.869. The Morgan fingerprint density at radius 1 is 1.30 bits per heavy atom. The molecule has 2 N–H and O–H groups in total. The van der Waals surface area contributed by atoms with E-state index in [9.17, 15) is 4.79 Å². The van der Waals surface area contributed by atoms with E-state index in [1.165, 1.54) is 0 Å². The molecule has 0 radical (unpaired) electrons. The lowest BCUT2D eigenvalue weighted by Gasteiger charge is -2.24. The zero-order valence-electron chi connectivity index (χ0n) is 12.5. The number of aryl methyl sites for hydroxylation is 2. The van der Waals surface area contributed by atoms with Gasteiger partial charge in [0.05, 0.1) is 5.69 Å². The first-order valence-electron chi connectivity index (χ1n) is 6.69. The van der Waals surface area contributed by atoms with Gasteiger partial charge in [-0.2, -0.15) is 5.10 Å². The number of hydrogen-bond acceptors (Lipinski definition) is 3. The van der Waals surface area contributed by atoms with E-state index in [2.05, 4.69) is 5.10 Å². The van der Waals surface area contributed by atoms with Crippen molar-refractivity contribution in [2.24, 2.45) is 7.05 Å². The Morgan fingerprint density at radius 2 is 1.90 bits per heavy atom. The predicted molar refractivity (Wildman–Crippen MR) is 80.5 cm³/mol. The van der Waals surface area contributed by atoms with Crippen molar-refractivity contribution in [2.45, 2.75) is 32.6 Å². The van der Waals surface area contributed by atoms with Crippen molar-refractivity contribution < 1.29 is 4.79 Å². The first-order valence-corrected chi connectivity index (χ1v) is 6.69. The lowest BCUT2D eigenvalue weighted by molar-refractivity contribution is -0.122. The van der Waals surface area contributed by atoms with Crippen LogP contribution in [0.3, 0.4) is 0 Å². The number of aromatic nitrogens is 2. The van der Waals surface area contributed by atoms with Gasteiger partial charge in [-0.15, -0.1) is 0 Å². The molecule has 0 amide bonds. The molecule has 0 bridgehead atoms. The van der Waals surface area contributed by atoms with Gasteiger partial charge < -0.3 is 5.73 Å². The van der Waals surface area contributed by atoms with E-state index >= 15 is 0 Å². The van der Waals surface area contributed by atoms with Crippen LogP contribution >= 0.6 is 0 Å². The number of rotatable bonds is 4. The molecule has 0 spiro atoms. The van der Waals surface area contributed by atoms with Crippen molar-refractivity contribution in [3.63, 3.8) is 0 Å². The smallest absolute Gasteiger partial charge is 0.148 e. The topological polar surface area (TPSA) is 60.9 Å². The summed E-state index contributed by atoms with van der Waals surface area (Å²) in [5.41, 5.74) is 8.72. The van der Waals surface area contributed by atoms with E-state index in [4.69, 9.17) is 5.73 Å². The summed E-state index contributed by atoms with van der Waals surface area (Å²) in [6, 6.07) is 9.46. The predicted octanol–water partition coefficient (Wildman–Crippen LogP) is 2.40. The van der Waals surface area contributed by atoms with Gasteiger partial charge >= 0.3 is 0 Å². The van der Waals surface area contributed by atoms with Gasteiger partial charge in [-0.05, 0) is 44.5 Å². The molecule has 0 aliphatic rings. The Morgan fingerprint density at radius 3 is 2.40 bits per heavy atom. The van der Waals surface area contributed by atoms with E-state index in [0.717, 1.165) is 17.0 Å². The van der Waals surface area contributed by atoms with Crippen LogP contribution in [-0.4, -0.2) is 15.6 Å². The second kappa shape index (κ2) is 5.12. The number of hydrogen-bond donors (Lipinski definition) is 1. The van der Waals surface area contributed by atoms with Gasteiger partial charge in [0.1, 0.15) is 5.78 Å². The Balaban J connectivity index is 2.23. The molecular weight excluding hydrogens is 250 g/mol. The summed E-state index contributed by atoms with van der Waals surface area (Å²) in [6.07, 6.45) is 0.384. The van der Waals surface area contributed by atoms with Crippen LogP contribution in [0, 0.1) is 6.92 Å². The molecular formula is C16H21N3O. The van der Waals surface area contributed by atoms with Gasteiger partial charge in [-0.25, -0.2) is 0 Å². The van der Waals surface area contributed by atoms with Crippen LogP contribution in [0.5, 0.6) is 0 Å². The zero-order chi connectivity index (χ0) is 14.9. The summed E-state index contributed by atoms with van der Waals surface area (Å²) in [6.45, 7) is 5.83. The van der Waals surface area contributed by atoms with Crippen molar-refractivity contribution in [1.82, 2.24) is 9.78 Å². The van der Waals surface area contributed by atoms with Crippen LogP contribution in [-0.2, 0) is 23.7 Å². The number of nitrogens with two attached hydrogens (primary N) is 1. The fourth-order valence-corrected chi connectivity index (χ4v) is 2.28. The van der Waals surface area contributed by atoms with E-state index < -0.39 is 5.41 Å². The van der Waals surface area contributed by atoms with Gasteiger partial charge in [0.15, 0.2) is 0 Å². The first-order chi connectivity index (χ1) is 9.30. The molecule has 0 aliphatic heterocycles. The summed E-state index contributed by atoms with van der Waals surface area (Å²) < 4.78 is 1.77. The molecule has 1 heterocycles. The van der Waals surface area contributed by atoms with Crippen LogP contribution < -0.4 is 5.73 Å². The average Bonchev–Trinajstić information content (AvgIpc) is 2.68. The first kappa shape index (κ1) is 14.3. The highest BCUT2D eigenvalue weighted by Gasteiger charge is 2.30. The Hall–Kier alpha value is -2.10. The summed E-state index contributed by atoms with van der Waals surface area (Å²) in [4.78, 5) is 12.6. The maximum absolute atomic E-state index is 12.6. The number of carbonyl (C=O) groups is 1. The fourth-order valence-electron chi connectivity index (χ4n) is 2.28. The van der Waals surface area contributed by atoms with Crippen molar-refractivity contribution >= 4 is 11.5 Å². The summed E-state index contributed by atoms with van der Waals surface area (Å²) >= 11 is 0. The molecule has 1 aromatic carbocycles. The standard InChI is InChI=1S/C16H21N3O/c1-11-9-14(19(4)18-11)10-15(20)16(2,3)12-5-7-13(17)8-6-12/h5-9H,10,17H2,1-4H3. The summed E-state index contributed by atoms with van der Waals surface area (Å²) in [5.74, 6) is 0.172. The number of anilines is 1. The lowest BCUT2D eigenvalue weighted by atomic mass is 9.79. The van der Waals surface area contributed by atoms with Gasteiger partial charge in [0, 0.05) is 30.3 Å². The third-order valence-electron chi connectivity index (χ3n) is 3.77. The second-order valence-electron chi connectivity index (χ2n) is 5.75. The highest BCUT2D eigenvalue weighted by molar-refractivity contribution is 5.90. The zero-order valence-corrected chi connectivity index (χ0v) is 12.5. The Kier molecular flexibility index (Phi) is 3.66. The summed E-state index contributed by atoms with van der Waals surface area (Å²) in [5, 5.41) is 4.28. The highest BCUT2D eigenvalue weighted by Crippen LogP contribution is 2.26.